The Morgan fingerprint density at radius 3 is 2.70 bits per heavy atom. The van der Waals surface area contributed by atoms with Crippen LogP contribution in [-0.2, 0) is 10.3 Å². The van der Waals surface area contributed by atoms with Crippen LogP contribution < -0.4 is 10.6 Å². The van der Waals surface area contributed by atoms with E-state index in [0.717, 1.165) is 12.1 Å². The summed E-state index contributed by atoms with van der Waals surface area (Å²) in [5, 5.41) is 7.58. The minimum absolute atomic E-state index is 0.114. The second kappa shape index (κ2) is 10.2. The van der Waals surface area contributed by atoms with Gasteiger partial charge in [-0.25, -0.2) is 4.98 Å². The Morgan fingerprint density at radius 2 is 2.10 bits per heavy atom. The third-order valence-corrected chi connectivity index (χ3v) is 4.90. The molecule has 30 heavy (non-hydrogen) atoms. The Hall–Kier alpha value is -3.00. The minimum atomic E-state index is -0.348. The van der Waals surface area contributed by atoms with Gasteiger partial charge >= 0.3 is 0 Å². The van der Waals surface area contributed by atoms with E-state index in [4.69, 9.17) is 0 Å². The van der Waals surface area contributed by atoms with Crippen LogP contribution in [0, 0.1) is 0 Å². The van der Waals surface area contributed by atoms with Gasteiger partial charge in [0.1, 0.15) is 5.69 Å². The van der Waals surface area contributed by atoms with Crippen LogP contribution in [0.3, 0.4) is 0 Å². The van der Waals surface area contributed by atoms with Crippen LogP contribution in [0.25, 0.3) is 0 Å². The Morgan fingerprint density at radius 1 is 1.37 bits per heavy atom. The summed E-state index contributed by atoms with van der Waals surface area (Å²) in [4.78, 5) is 33.4. The molecular formula is C22H29N5O2S. The maximum atomic E-state index is 12.3. The molecule has 2 aromatic heterocycles. The van der Waals surface area contributed by atoms with Crippen molar-refractivity contribution in [3.05, 3.63) is 59.5 Å². The Balaban J connectivity index is 1.94. The first kappa shape index (κ1) is 23.3. The molecule has 2 aromatic rings. The SMILES string of the molecule is C=CC(=N/C(C)=C\CC)c1csc(NC(=O)CNC(=O)c2ccn(C(C)(C)C)c2)n1. The maximum absolute atomic E-state index is 12.3. The quantitative estimate of drug-likeness (QED) is 0.614. The molecule has 0 radical (unpaired) electrons. The summed E-state index contributed by atoms with van der Waals surface area (Å²) in [6.07, 6.45) is 8.16. The van der Waals surface area contributed by atoms with Crippen molar-refractivity contribution in [3.8, 4) is 0 Å². The monoisotopic (exact) mass is 427 g/mol. The van der Waals surface area contributed by atoms with Gasteiger partial charge in [-0.05, 0) is 46.3 Å². The fraction of sp³-hybridized carbons (Fsp3) is 0.364. The largest absolute Gasteiger partial charge is 0.348 e. The second-order valence-corrected chi connectivity index (χ2v) is 8.56. The van der Waals surface area contributed by atoms with Crippen molar-refractivity contribution in [1.82, 2.24) is 14.9 Å². The van der Waals surface area contributed by atoms with E-state index in [2.05, 4.69) is 27.2 Å². The lowest BCUT2D eigenvalue weighted by Gasteiger charge is -2.20. The van der Waals surface area contributed by atoms with Gasteiger partial charge in [0.25, 0.3) is 5.91 Å². The van der Waals surface area contributed by atoms with Crippen molar-refractivity contribution < 1.29 is 9.59 Å². The first-order valence-electron chi connectivity index (χ1n) is 9.74. The normalized spacial score (nSPS) is 12.6. The predicted octanol–water partition coefficient (Wildman–Crippen LogP) is 4.36. The summed E-state index contributed by atoms with van der Waals surface area (Å²) in [6.45, 7) is 13.8. The number of nitrogens with zero attached hydrogens (tertiary/aromatic N) is 3. The molecule has 0 spiro atoms. The number of thiazole rings is 1. The van der Waals surface area contributed by atoms with Gasteiger partial charge in [0.2, 0.25) is 5.91 Å². The molecular weight excluding hydrogens is 398 g/mol. The van der Waals surface area contributed by atoms with Crippen LogP contribution in [0.5, 0.6) is 0 Å². The molecule has 160 valence electrons. The summed E-state index contributed by atoms with van der Waals surface area (Å²) in [6, 6.07) is 1.73. The van der Waals surface area contributed by atoms with Gasteiger partial charge in [-0.3, -0.25) is 14.6 Å². The number of carbonyl (C=O) groups is 2. The van der Waals surface area contributed by atoms with Crippen molar-refractivity contribution in [1.29, 1.82) is 0 Å². The Kier molecular flexibility index (Phi) is 7.88. The molecule has 0 saturated heterocycles. The van der Waals surface area contributed by atoms with Gasteiger partial charge in [0.05, 0.1) is 17.8 Å². The van der Waals surface area contributed by atoms with Crippen LogP contribution >= 0.6 is 11.3 Å². The van der Waals surface area contributed by atoms with Crippen molar-refractivity contribution in [2.45, 2.75) is 46.6 Å². The Labute approximate surface area is 181 Å². The van der Waals surface area contributed by atoms with Crippen LogP contribution in [-0.4, -0.2) is 33.6 Å². The molecule has 0 aliphatic carbocycles. The van der Waals surface area contributed by atoms with Gasteiger partial charge in [-0.15, -0.1) is 11.3 Å². The highest BCUT2D eigenvalue weighted by atomic mass is 32.1. The fourth-order valence-electron chi connectivity index (χ4n) is 2.56. The lowest BCUT2D eigenvalue weighted by atomic mass is 10.1. The second-order valence-electron chi connectivity index (χ2n) is 7.70. The highest BCUT2D eigenvalue weighted by Crippen LogP contribution is 2.18. The molecule has 0 aromatic carbocycles. The molecule has 0 bridgehead atoms. The number of nitrogens with one attached hydrogen (secondary N) is 2. The summed E-state index contributed by atoms with van der Waals surface area (Å²) < 4.78 is 1.95. The number of rotatable bonds is 8. The summed E-state index contributed by atoms with van der Waals surface area (Å²) in [5.41, 5.74) is 2.56. The maximum Gasteiger partial charge on any atom is 0.253 e. The van der Waals surface area contributed by atoms with Crippen LogP contribution in [0.15, 0.2) is 53.3 Å². The summed E-state index contributed by atoms with van der Waals surface area (Å²) in [5.74, 6) is -0.647. The van der Waals surface area contributed by atoms with Gasteiger partial charge in [0, 0.05) is 29.0 Å². The molecule has 7 nitrogen and oxygen atoms in total. The zero-order valence-corrected chi connectivity index (χ0v) is 19.0. The lowest BCUT2D eigenvalue weighted by molar-refractivity contribution is -0.115. The van der Waals surface area contributed by atoms with E-state index >= 15 is 0 Å². The number of carbonyl (C=O) groups excluding carboxylic acids is 2. The molecule has 0 aliphatic rings. The van der Waals surface area contributed by atoms with Crippen LogP contribution in [0.4, 0.5) is 5.13 Å². The van der Waals surface area contributed by atoms with Gasteiger partial charge in [-0.2, -0.15) is 0 Å². The molecule has 0 aliphatic heterocycles. The number of aliphatic imine (C=N–C) groups is 1. The smallest absolute Gasteiger partial charge is 0.253 e. The molecule has 2 heterocycles. The minimum Gasteiger partial charge on any atom is -0.348 e. The van der Waals surface area contributed by atoms with E-state index in [9.17, 15) is 9.59 Å². The predicted molar refractivity (Wildman–Crippen MR) is 123 cm³/mol. The van der Waals surface area contributed by atoms with Crippen LogP contribution in [0.1, 0.15) is 57.1 Å². The molecule has 0 saturated carbocycles. The topological polar surface area (TPSA) is 88.4 Å². The zero-order valence-electron chi connectivity index (χ0n) is 18.2. The van der Waals surface area contributed by atoms with Crippen LogP contribution in [0.2, 0.25) is 0 Å². The first-order valence-corrected chi connectivity index (χ1v) is 10.6. The van der Waals surface area contributed by atoms with E-state index in [0.29, 0.717) is 22.1 Å². The molecule has 0 unspecified atom stereocenters. The third-order valence-electron chi connectivity index (χ3n) is 4.14. The van der Waals surface area contributed by atoms with E-state index in [-0.39, 0.29) is 23.9 Å². The van der Waals surface area contributed by atoms with Crippen molar-refractivity contribution in [2.75, 3.05) is 11.9 Å². The number of aromatic nitrogens is 2. The van der Waals surface area contributed by atoms with E-state index in [1.54, 1.807) is 18.3 Å². The van der Waals surface area contributed by atoms with E-state index < -0.39 is 0 Å². The number of amides is 2. The molecule has 0 fully saturated rings. The summed E-state index contributed by atoms with van der Waals surface area (Å²) in [7, 11) is 0. The third kappa shape index (κ3) is 6.52. The van der Waals surface area contributed by atoms with Crippen molar-refractivity contribution >= 4 is 34.0 Å². The lowest BCUT2D eigenvalue weighted by Crippen LogP contribution is -2.32. The number of anilines is 1. The Bertz CT molecular complexity index is 976. The standard InChI is InChI=1S/C22H29N5O2S/c1-7-9-15(3)24-17(8-2)18-14-30-21(25-18)26-19(28)12-23-20(29)16-10-11-27(13-16)22(4,5)6/h8-11,13-14H,2,7,12H2,1,3-6H3,(H,23,29)(H,25,26,28)/b15-9-,24-17?. The summed E-state index contributed by atoms with van der Waals surface area (Å²) >= 11 is 1.29. The molecule has 8 heteroatoms. The molecule has 2 rings (SSSR count). The molecule has 0 atom stereocenters. The highest BCUT2D eigenvalue weighted by molar-refractivity contribution is 7.14. The number of allylic oxidation sites excluding steroid dienone is 3. The number of hydrogen-bond donors (Lipinski definition) is 2. The fourth-order valence-corrected chi connectivity index (χ4v) is 3.28. The van der Waals surface area contributed by atoms with Gasteiger partial charge in [0.15, 0.2) is 5.13 Å². The molecule has 2 N–H and O–H groups in total. The van der Waals surface area contributed by atoms with E-state index in [1.165, 1.54) is 11.3 Å². The zero-order chi connectivity index (χ0) is 22.3. The number of hydrogen-bond acceptors (Lipinski definition) is 5. The van der Waals surface area contributed by atoms with E-state index in [1.807, 2.05) is 56.8 Å². The van der Waals surface area contributed by atoms with Crippen molar-refractivity contribution in [3.63, 3.8) is 0 Å². The average Bonchev–Trinajstić information content (AvgIpc) is 3.34. The van der Waals surface area contributed by atoms with Crippen molar-refractivity contribution in [2.24, 2.45) is 4.99 Å². The molecule has 2 amide bonds. The highest BCUT2D eigenvalue weighted by Gasteiger charge is 2.16. The average molecular weight is 428 g/mol. The first-order chi connectivity index (χ1) is 14.1. The van der Waals surface area contributed by atoms with Gasteiger partial charge in [-0.1, -0.05) is 19.6 Å². The van der Waals surface area contributed by atoms with Gasteiger partial charge < -0.3 is 15.2 Å².